The number of aryl methyl sites for hydroxylation is 3. The first-order chi connectivity index (χ1) is 11.6. The van der Waals surface area contributed by atoms with Crippen LogP contribution in [-0.4, -0.2) is 28.9 Å². The molecule has 6 nitrogen and oxygen atoms in total. The standard InChI is InChI=1S/C17H16N6S/c1-11-6-12(2)23-7-13(20-17(23)19-11)4-5-16-21-14(8-22(16)3)15-9-24-10-18-15/h4-10H,1-3H3. The van der Waals surface area contributed by atoms with E-state index in [1.54, 1.807) is 11.3 Å². The summed E-state index contributed by atoms with van der Waals surface area (Å²) >= 11 is 1.57. The van der Waals surface area contributed by atoms with Crippen molar-refractivity contribution in [1.29, 1.82) is 0 Å². The summed E-state index contributed by atoms with van der Waals surface area (Å²) in [5.41, 5.74) is 6.54. The molecular weight excluding hydrogens is 320 g/mol. The van der Waals surface area contributed by atoms with E-state index in [-0.39, 0.29) is 0 Å². The van der Waals surface area contributed by atoms with E-state index in [4.69, 9.17) is 0 Å². The van der Waals surface area contributed by atoms with Crippen molar-refractivity contribution in [1.82, 2.24) is 28.9 Å². The van der Waals surface area contributed by atoms with Crippen molar-refractivity contribution in [3.63, 3.8) is 0 Å². The summed E-state index contributed by atoms with van der Waals surface area (Å²) in [6.45, 7) is 4.03. The van der Waals surface area contributed by atoms with Gasteiger partial charge in [0.1, 0.15) is 17.2 Å². The summed E-state index contributed by atoms with van der Waals surface area (Å²) in [7, 11) is 1.97. The predicted octanol–water partition coefficient (Wildman–Crippen LogP) is 3.37. The molecule has 0 aliphatic rings. The van der Waals surface area contributed by atoms with Crippen molar-refractivity contribution in [3.05, 3.63) is 52.3 Å². The zero-order chi connectivity index (χ0) is 16.7. The van der Waals surface area contributed by atoms with E-state index in [1.165, 1.54) is 0 Å². The van der Waals surface area contributed by atoms with Gasteiger partial charge in [-0.05, 0) is 32.1 Å². The molecule has 0 aromatic carbocycles. The molecule has 0 spiro atoms. The Balaban J connectivity index is 1.67. The lowest BCUT2D eigenvalue weighted by molar-refractivity contribution is 0.898. The van der Waals surface area contributed by atoms with Gasteiger partial charge in [0.05, 0.1) is 11.2 Å². The SMILES string of the molecule is Cc1cc(C)n2cc(C=Cc3nc(-c4cscn4)cn3C)nc2n1. The van der Waals surface area contributed by atoms with Crippen molar-refractivity contribution in [3.8, 4) is 11.4 Å². The lowest BCUT2D eigenvalue weighted by Crippen LogP contribution is -1.94. The third-order valence-electron chi connectivity index (χ3n) is 3.79. The van der Waals surface area contributed by atoms with Crippen LogP contribution in [0.4, 0.5) is 0 Å². The number of hydrogen-bond acceptors (Lipinski definition) is 5. The molecule has 4 aromatic rings. The summed E-state index contributed by atoms with van der Waals surface area (Å²) < 4.78 is 3.97. The maximum absolute atomic E-state index is 4.62. The first kappa shape index (κ1) is 14.8. The van der Waals surface area contributed by atoms with Crippen LogP contribution < -0.4 is 0 Å². The first-order valence-corrected chi connectivity index (χ1v) is 8.48. The van der Waals surface area contributed by atoms with E-state index in [2.05, 4.69) is 26.9 Å². The van der Waals surface area contributed by atoms with Crippen molar-refractivity contribution in [2.75, 3.05) is 0 Å². The van der Waals surface area contributed by atoms with Gasteiger partial charge in [0.2, 0.25) is 5.78 Å². The smallest absolute Gasteiger partial charge is 0.234 e. The highest BCUT2D eigenvalue weighted by Crippen LogP contribution is 2.19. The molecule has 0 unspecified atom stereocenters. The van der Waals surface area contributed by atoms with Crippen molar-refractivity contribution < 1.29 is 0 Å². The van der Waals surface area contributed by atoms with Crippen LogP contribution in [0, 0.1) is 13.8 Å². The van der Waals surface area contributed by atoms with Crippen molar-refractivity contribution in [2.45, 2.75) is 13.8 Å². The van der Waals surface area contributed by atoms with E-state index in [0.717, 1.165) is 40.1 Å². The van der Waals surface area contributed by atoms with Gasteiger partial charge >= 0.3 is 0 Å². The van der Waals surface area contributed by atoms with Gasteiger partial charge < -0.3 is 4.57 Å². The van der Waals surface area contributed by atoms with Gasteiger partial charge in [0.25, 0.3) is 0 Å². The Bertz CT molecular complexity index is 1040. The fourth-order valence-corrected chi connectivity index (χ4v) is 3.17. The van der Waals surface area contributed by atoms with E-state index in [0.29, 0.717) is 0 Å². The fraction of sp³-hybridized carbons (Fsp3) is 0.176. The molecule has 120 valence electrons. The molecule has 24 heavy (non-hydrogen) atoms. The largest absolute Gasteiger partial charge is 0.334 e. The fourth-order valence-electron chi connectivity index (χ4n) is 2.63. The summed E-state index contributed by atoms with van der Waals surface area (Å²) in [6.07, 6.45) is 7.88. The maximum Gasteiger partial charge on any atom is 0.234 e. The third-order valence-corrected chi connectivity index (χ3v) is 4.38. The van der Waals surface area contributed by atoms with E-state index < -0.39 is 0 Å². The first-order valence-electron chi connectivity index (χ1n) is 7.53. The van der Waals surface area contributed by atoms with Gasteiger partial charge in [-0.25, -0.2) is 19.9 Å². The second-order valence-corrected chi connectivity index (χ2v) is 6.40. The quantitative estimate of drug-likeness (QED) is 0.575. The summed E-state index contributed by atoms with van der Waals surface area (Å²) in [5.74, 6) is 1.58. The Morgan fingerprint density at radius 1 is 1.04 bits per heavy atom. The number of thiazole rings is 1. The zero-order valence-electron chi connectivity index (χ0n) is 13.6. The van der Waals surface area contributed by atoms with Crippen molar-refractivity contribution >= 4 is 29.3 Å². The molecule has 0 atom stereocenters. The van der Waals surface area contributed by atoms with Crippen LogP contribution in [0.25, 0.3) is 29.3 Å². The minimum atomic E-state index is 0.718. The van der Waals surface area contributed by atoms with Crippen LogP contribution in [0.5, 0.6) is 0 Å². The maximum atomic E-state index is 4.62. The molecule has 0 bridgehead atoms. The number of aromatic nitrogens is 6. The Hall–Kier alpha value is -2.80. The topological polar surface area (TPSA) is 60.9 Å². The molecule has 0 aliphatic carbocycles. The highest BCUT2D eigenvalue weighted by molar-refractivity contribution is 7.07. The Morgan fingerprint density at radius 2 is 1.92 bits per heavy atom. The normalized spacial score (nSPS) is 11.8. The number of imidazole rings is 2. The summed E-state index contributed by atoms with van der Waals surface area (Å²) in [4.78, 5) is 17.9. The second kappa shape index (κ2) is 5.68. The van der Waals surface area contributed by atoms with Crippen LogP contribution in [0.1, 0.15) is 22.9 Å². The monoisotopic (exact) mass is 336 g/mol. The van der Waals surface area contributed by atoms with Gasteiger partial charge in [-0.15, -0.1) is 11.3 Å². The molecule has 4 aromatic heterocycles. The van der Waals surface area contributed by atoms with Gasteiger partial charge in [0.15, 0.2) is 0 Å². The van der Waals surface area contributed by atoms with E-state index >= 15 is 0 Å². The molecule has 0 amide bonds. The summed E-state index contributed by atoms with van der Waals surface area (Å²) in [5, 5.41) is 1.99. The molecular formula is C17H16N6S. The van der Waals surface area contributed by atoms with Gasteiger partial charge in [0, 0.05) is 36.2 Å². The number of nitrogens with zero attached hydrogens (tertiary/aromatic N) is 6. The number of hydrogen-bond donors (Lipinski definition) is 0. The molecule has 4 rings (SSSR count). The highest BCUT2D eigenvalue weighted by Gasteiger charge is 2.08. The van der Waals surface area contributed by atoms with Gasteiger partial charge in [-0.2, -0.15) is 0 Å². The Kier molecular flexibility index (Phi) is 3.50. The third kappa shape index (κ3) is 2.63. The van der Waals surface area contributed by atoms with Gasteiger partial charge in [-0.1, -0.05) is 0 Å². The minimum absolute atomic E-state index is 0.718. The molecule has 0 radical (unpaired) electrons. The minimum Gasteiger partial charge on any atom is -0.334 e. The molecule has 0 saturated heterocycles. The van der Waals surface area contributed by atoms with E-state index in [1.807, 2.05) is 64.4 Å². The highest BCUT2D eigenvalue weighted by atomic mass is 32.1. The van der Waals surface area contributed by atoms with Crippen LogP contribution >= 0.6 is 11.3 Å². The molecule has 0 aliphatic heterocycles. The van der Waals surface area contributed by atoms with Crippen molar-refractivity contribution in [2.24, 2.45) is 7.05 Å². The lowest BCUT2D eigenvalue weighted by Gasteiger charge is -1.98. The summed E-state index contributed by atoms with van der Waals surface area (Å²) in [6, 6.07) is 2.04. The molecule has 0 saturated carbocycles. The number of rotatable bonds is 3. The lowest BCUT2D eigenvalue weighted by atomic mass is 10.3. The van der Waals surface area contributed by atoms with Crippen LogP contribution in [0.3, 0.4) is 0 Å². The van der Waals surface area contributed by atoms with Gasteiger partial charge in [-0.3, -0.25) is 4.40 Å². The Morgan fingerprint density at radius 3 is 2.71 bits per heavy atom. The molecule has 0 fully saturated rings. The second-order valence-electron chi connectivity index (χ2n) is 5.68. The molecule has 0 N–H and O–H groups in total. The van der Waals surface area contributed by atoms with Crippen LogP contribution in [0.2, 0.25) is 0 Å². The van der Waals surface area contributed by atoms with E-state index in [9.17, 15) is 0 Å². The predicted molar refractivity (Wildman–Crippen MR) is 95.7 cm³/mol. The Labute approximate surface area is 143 Å². The van der Waals surface area contributed by atoms with Crippen LogP contribution in [-0.2, 0) is 7.05 Å². The average molecular weight is 336 g/mol. The average Bonchev–Trinajstić information content (AvgIpc) is 3.24. The molecule has 4 heterocycles. The number of fused-ring (bicyclic) bond motifs is 1. The molecule has 7 heteroatoms. The van der Waals surface area contributed by atoms with Crippen LogP contribution in [0.15, 0.2) is 29.4 Å². The zero-order valence-corrected chi connectivity index (χ0v) is 14.4.